The van der Waals surface area contributed by atoms with Crippen LogP contribution in [0.15, 0.2) is 18.2 Å². The molecule has 0 aliphatic carbocycles. The van der Waals surface area contributed by atoms with Gasteiger partial charge in [0, 0.05) is 38.3 Å². The second-order valence-electron chi connectivity index (χ2n) is 6.25. The predicted octanol–water partition coefficient (Wildman–Crippen LogP) is 2.42. The van der Waals surface area contributed by atoms with Gasteiger partial charge < -0.3 is 4.74 Å². The van der Waals surface area contributed by atoms with Gasteiger partial charge in [-0.1, -0.05) is 17.7 Å². The van der Waals surface area contributed by atoms with E-state index in [0.29, 0.717) is 0 Å². The summed E-state index contributed by atoms with van der Waals surface area (Å²) in [6.45, 7) is 10.9. The van der Waals surface area contributed by atoms with E-state index < -0.39 is 0 Å². The number of ether oxygens (including phenoxy) is 1. The van der Waals surface area contributed by atoms with Crippen molar-refractivity contribution in [2.75, 3.05) is 33.3 Å². The molecule has 2 rings (SSSR count). The van der Waals surface area contributed by atoms with Crippen LogP contribution in [0, 0.1) is 18.3 Å². The van der Waals surface area contributed by atoms with Gasteiger partial charge in [0.1, 0.15) is 11.3 Å². The van der Waals surface area contributed by atoms with E-state index in [1.807, 2.05) is 19.9 Å². The Kier molecular flexibility index (Phi) is 4.87. The van der Waals surface area contributed by atoms with Gasteiger partial charge in [0.2, 0.25) is 0 Å². The summed E-state index contributed by atoms with van der Waals surface area (Å²) in [4.78, 5) is 4.69. The lowest BCUT2D eigenvalue weighted by atomic mass is 10.0. The molecule has 1 fully saturated rings. The Morgan fingerprint density at radius 3 is 2.48 bits per heavy atom. The van der Waals surface area contributed by atoms with Gasteiger partial charge in [0.05, 0.1) is 13.2 Å². The maximum absolute atomic E-state index is 9.22. The van der Waals surface area contributed by atoms with Gasteiger partial charge >= 0.3 is 0 Å². The Morgan fingerprint density at radius 2 is 1.90 bits per heavy atom. The van der Waals surface area contributed by atoms with Gasteiger partial charge in [0.15, 0.2) is 0 Å². The lowest BCUT2D eigenvalue weighted by Crippen LogP contribution is -2.53. The van der Waals surface area contributed by atoms with E-state index in [-0.39, 0.29) is 5.54 Å². The summed E-state index contributed by atoms with van der Waals surface area (Å²) in [7, 11) is 1.72. The van der Waals surface area contributed by atoms with E-state index in [9.17, 15) is 5.26 Å². The summed E-state index contributed by atoms with van der Waals surface area (Å²) in [5, 5.41) is 9.22. The Morgan fingerprint density at radius 1 is 1.24 bits per heavy atom. The van der Waals surface area contributed by atoms with Crippen LogP contribution in [0.4, 0.5) is 0 Å². The van der Waals surface area contributed by atoms with Gasteiger partial charge in [-0.15, -0.1) is 0 Å². The Hall–Kier alpha value is -1.57. The second-order valence-corrected chi connectivity index (χ2v) is 6.25. The molecule has 1 aliphatic heterocycles. The lowest BCUT2D eigenvalue weighted by molar-refractivity contribution is 0.0760. The molecule has 0 unspecified atom stereocenters. The Labute approximate surface area is 127 Å². The lowest BCUT2D eigenvalue weighted by Gasteiger charge is -2.40. The molecule has 0 atom stereocenters. The van der Waals surface area contributed by atoms with Crippen molar-refractivity contribution in [3.05, 3.63) is 29.3 Å². The highest BCUT2D eigenvalue weighted by molar-refractivity contribution is 5.36. The van der Waals surface area contributed by atoms with E-state index >= 15 is 0 Å². The number of benzene rings is 1. The third-order valence-corrected chi connectivity index (χ3v) is 4.27. The highest BCUT2D eigenvalue weighted by Crippen LogP contribution is 2.23. The average Bonchev–Trinajstić information content (AvgIpc) is 2.48. The molecule has 114 valence electrons. The molecule has 0 amide bonds. The summed E-state index contributed by atoms with van der Waals surface area (Å²) in [5.41, 5.74) is 2.13. The van der Waals surface area contributed by atoms with Crippen molar-refractivity contribution >= 4 is 0 Å². The van der Waals surface area contributed by atoms with Crippen LogP contribution in [0.3, 0.4) is 0 Å². The molecule has 0 bridgehead atoms. The summed E-state index contributed by atoms with van der Waals surface area (Å²) in [6, 6.07) is 8.71. The number of hydrogen-bond acceptors (Lipinski definition) is 4. The molecule has 1 heterocycles. The molecule has 0 aromatic heterocycles. The fraction of sp³-hybridized carbons (Fsp3) is 0.588. The third kappa shape index (κ3) is 3.75. The normalized spacial score (nSPS) is 17.5. The topological polar surface area (TPSA) is 39.5 Å². The summed E-state index contributed by atoms with van der Waals surface area (Å²) < 4.78 is 5.45. The van der Waals surface area contributed by atoms with Crippen LogP contribution in [0.25, 0.3) is 0 Å². The van der Waals surface area contributed by atoms with Gasteiger partial charge in [-0.25, -0.2) is 0 Å². The largest absolute Gasteiger partial charge is 0.496 e. The average molecular weight is 287 g/mol. The molecule has 21 heavy (non-hydrogen) atoms. The van der Waals surface area contributed by atoms with Crippen molar-refractivity contribution in [1.29, 1.82) is 5.26 Å². The van der Waals surface area contributed by atoms with Crippen molar-refractivity contribution in [2.24, 2.45) is 0 Å². The molecule has 0 saturated carbocycles. The molecular weight excluding hydrogens is 262 g/mol. The van der Waals surface area contributed by atoms with Gasteiger partial charge in [-0.3, -0.25) is 9.80 Å². The maximum atomic E-state index is 9.22. The quantitative estimate of drug-likeness (QED) is 0.852. The number of rotatable bonds is 4. The van der Waals surface area contributed by atoms with Crippen LogP contribution in [0.1, 0.15) is 25.0 Å². The van der Waals surface area contributed by atoms with Crippen LogP contribution in [-0.2, 0) is 6.54 Å². The highest BCUT2D eigenvalue weighted by atomic mass is 16.5. The number of piperazine rings is 1. The van der Waals surface area contributed by atoms with Crippen molar-refractivity contribution in [3.8, 4) is 11.8 Å². The van der Waals surface area contributed by atoms with E-state index in [1.54, 1.807) is 7.11 Å². The fourth-order valence-corrected chi connectivity index (χ4v) is 2.81. The maximum Gasteiger partial charge on any atom is 0.123 e. The first-order chi connectivity index (χ1) is 9.96. The first kappa shape index (κ1) is 15.8. The predicted molar refractivity (Wildman–Crippen MR) is 84.3 cm³/mol. The van der Waals surface area contributed by atoms with Crippen LogP contribution in [-0.4, -0.2) is 48.6 Å². The summed E-state index contributed by atoms with van der Waals surface area (Å²) in [5.74, 6) is 0.959. The molecule has 1 aromatic rings. The minimum atomic E-state index is -0.368. The molecule has 4 heteroatoms. The molecule has 1 aromatic carbocycles. The van der Waals surface area contributed by atoms with Crippen LogP contribution < -0.4 is 4.74 Å². The van der Waals surface area contributed by atoms with E-state index in [1.165, 1.54) is 11.1 Å². The van der Waals surface area contributed by atoms with Crippen molar-refractivity contribution in [1.82, 2.24) is 9.80 Å². The van der Waals surface area contributed by atoms with Crippen LogP contribution >= 0.6 is 0 Å². The van der Waals surface area contributed by atoms with E-state index in [0.717, 1.165) is 38.5 Å². The second kappa shape index (κ2) is 6.46. The molecule has 0 spiro atoms. The molecule has 1 saturated heterocycles. The first-order valence-corrected chi connectivity index (χ1v) is 7.48. The smallest absolute Gasteiger partial charge is 0.123 e. The first-order valence-electron chi connectivity index (χ1n) is 7.48. The van der Waals surface area contributed by atoms with Crippen LogP contribution in [0.5, 0.6) is 5.75 Å². The van der Waals surface area contributed by atoms with Gasteiger partial charge in [0.25, 0.3) is 0 Å². The summed E-state index contributed by atoms with van der Waals surface area (Å²) in [6.07, 6.45) is 0. The minimum Gasteiger partial charge on any atom is -0.496 e. The van der Waals surface area contributed by atoms with Gasteiger partial charge in [-0.2, -0.15) is 5.26 Å². The van der Waals surface area contributed by atoms with E-state index in [2.05, 4.69) is 34.9 Å². The van der Waals surface area contributed by atoms with Gasteiger partial charge in [-0.05, 0) is 26.8 Å². The highest BCUT2D eigenvalue weighted by Gasteiger charge is 2.29. The Bertz CT molecular complexity index is 525. The molecule has 0 radical (unpaired) electrons. The van der Waals surface area contributed by atoms with Crippen molar-refractivity contribution in [2.45, 2.75) is 32.9 Å². The zero-order valence-electron chi connectivity index (χ0n) is 13.5. The minimum absolute atomic E-state index is 0.368. The van der Waals surface area contributed by atoms with E-state index in [4.69, 9.17) is 4.74 Å². The van der Waals surface area contributed by atoms with Crippen LogP contribution in [0.2, 0.25) is 0 Å². The number of hydrogen-bond donors (Lipinski definition) is 0. The monoisotopic (exact) mass is 287 g/mol. The molecule has 4 nitrogen and oxygen atoms in total. The van der Waals surface area contributed by atoms with Crippen molar-refractivity contribution < 1.29 is 4.74 Å². The third-order valence-electron chi connectivity index (χ3n) is 4.27. The summed E-state index contributed by atoms with van der Waals surface area (Å²) >= 11 is 0. The zero-order chi connectivity index (χ0) is 15.5. The number of nitriles is 1. The number of nitrogens with zero attached hydrogens (tertiary/aromatic N) is 3. The molecule has 1 aliphatic rings. The Balaban J connectivity index is 1.98. The zero-order valence-corrected chi connectivity index (χ0v) is 13.5. The number of methoxy groups -OCH3 is 1. The SMILES string of the molecule is COc1ccc(C)cc1CN1CCN(C(C)(C)C#N)CC1. The standard InChI is InChI=1S/C17H25N3O/c1-14-5-6-16(21-4)15(11-14)12-19-7-9-20(10-8-19)17(2,3)13-18/h5-6,11H,7-10,12H2,1-4H3. The molecule has 0 N–H and O–H groups in total. The fourth-order valence-electron chi connectivity index (χ4n) is 2.81. The number of aryl methyl sites for hydroxylation is 1. The molecular formula is C17H25N3O. The van der Waals surface area contributed by atoms with Crippen molar-refractivity contribution in [3.63, 3.8) is 0 Å².